The molecule has 11 rings (SSSR count). The van der Waals surface area contributed by atoms with Crippen molar-refractivity contribution >= 4 is 21.8 Å². The van der Waals surface area contributed by atoms with Gasteiger partial charge in [0.05, 0.1) is 11.0 Å². The highest BCUT2D eigenvalue weighted by molar-refractivity contribution is 6.15. The van der Waals surface area contributed by atoms with Gasteiger partial charge in [-0.25, -0.2) is 4.98 Å². The van der Waals surface area contributed by atoms with Crippen molar-refractivity contribution in [2.75, 3.05) is 0 Å². The maximum atomic E-state index is 5.43. The Labute approximate surface area is 327 Å². The van der Waals surface area contributed by atoms with E-state index < -0.39 is 0 Å². The van der Waals surface area contributed by atoms with Crippen molar-refractivity contribution in [2.24, 2.45) is 0 Å². The number of aromatic nitrogens is 4. The van der Waals surface area contributed by atoms with Crippen LogP contribution in [0.3, 0.4) is 0 Å². The summed E-state index contributed by atoms with van der Waals surface area (Å²) in [5, 5.41) is 2.38. The van der Waals surface area contributed by atoms with E-state index in [9.17, 15) is 0 Å². The van der Waals surface area contributed by atoms with Gasteiger partial charge >= 0.3 is 0 Å². The second-order valence-corrected chi connectivity index (χ2v) is 16.0. The number of fused-ring (bicyclic) bond motifs is 10. The number of hydrogen-bond acceptors (Lipinski definition) is 3. The molecule has 2 atom stereocenters. The molecule has 2 aromatic heterocycles. The molecular weight excluding hydrogens is 681 g/mol. The molecule has 0 saturated carbocycles. The van der Waals surface area contributed by atoms with Crippen LogP contribution >= 0.6 is 0 Å². The minimum absolute atomic E-state index is 0.141. The molecule has 268 valence electrons. The fourth-order valence-electron chi connectivity index (χ4n) is 9.81. The maximum absolute atomic E-state index is 5.43. The SMILES string of the molecule is CC1c2ccccc2-c2ccccc2CC1c1cccc(-c2nc(-c3ccccc3)nc(-n3c4ccccc4c4ccc5c(c43)-c3ccccc3C5(C)C)n2)c1. The summed E-state index contributed by atoms with van der Waals surface area (Å²) in [5.41, 5.74) is 16.0. The normalized spacial score (nSPS) is 16.6. The van der Waals surface area contributed by atoms with Gasteiger partial charge in [0.15, 0.2) is 11.6 Å². The molecule has 0 radical (unpaired) electrons. The predicted molar refractivity (Wildman–Crippen MR) is 229 cm³/mol. The van der Waals surface area contributed by atoms with Crippen molar-refractivity contribution < 1.29 is 0 Å². The number of para-hydroxylation sites is 1. The lowest BCUT2D eigenvalue weighted by atomic mass is 9.80. The van der Waals surface area contributed by atoms with Crippen LogP contribution in [-0.4, -0.2) is 19.5 Å². The second-order valence-electron chi connectivity index (χ2n) is 16.0. The Bertz CT molecular complexity index is 3010. The maximum Gasteiger partial charge on any atom is 0.238 e. The molecule has 0 spiro atoms. The Kier molecular flexibility index (Phi) is 7.28. The van der Waals surface area contributed by atoms with Crippen molar-refractivity contribution in [3.05, 3.63) is 192 Å². The van der Waals surface area contributed by atoms with Crippen LogP contribution in [0, 0.1) is 0 Å². The van der Waals surface area contributed by atoms with E-state index in [-0.39, 0.29) is 11.3 Å². The van der Waals surface area contributed by atoms with Gasteiger partial charge in [-0.15, -0.1) is 0 Å². The van der Waals surface area contributed by atoms with Crippen LogP contribution in [0.1, 0.15) is 60.4 Å². The fraction of sp³-hybridized carbons (Fsp3) is 0.135. The molecule has 2 unspecified atom stereocenters. The van der Waals surface area contributed by atoms with Gasteiger partial charge in [-0.3, -0.25) is 4.57 Å². The lowest BCUT2D eigenvalue weighted by Crippen LogP contribution is -2.14. The Morgan fingerprint density at radius 1 is 0.554 bits per heavy atom. The van der Waals surface area contributed by atoms with Crippen molar-refractivity contribution in [3.8, 4) is 51.0 Å². The highest BCUT2D eigenvalue weighted by Gasteiger charge is 2.38. The largest absolute Gasteiger partial charge is 0.277 e. The number of hydrogen-bond donors (Lipinski definition) is 0. The molecule has 4 nitrogen and oxygen atoms in total. The molecule has 2 aliphatic rings. The van der Waals surface area contributed by atoms with Gasteiger partial charge in [0.25, 0.3) is 0 Å². The van der Waals surface area contributed by atoms with Crippen LogP contribution in [0.15, 0.2) is 164 Å². The van der Waals surface area contributed by atoms with E-state index >= 15 is 0 Å². The van der Waals surface area contributed by atoms with Gasteiger partial charge in [-0.1, -0.05) is 172 Å². The summed E-state index contributed by atoms with van der Waals surface area (Å²) in [4.78, 5) is 16.0. The lowest BCUT2D eigenvalue weighted by molar-refractivity contribution is 0.579. The topological polar surface area (TPSA) is 43.6 Å². The van der Waals surface area contributed by atoms with E-state index in [2.05, 4.69) is 183 Å². The molecule has 0 amide bonds. The Hall–Kier alpha value is -6.65. The van der Waals surface area contributed by atoms with Gasteiger partial charge < -0.3 is 0 Å². The van der Waals surface area contributed by atoms with Crippen LogP contribution in [0.4, 0.5) is 0 Å². The molecule has 7 aromatic carbocycles. The molecule has 2 heterocycles. The quantitative estimate of drug-likeness (QED) is 0.182. The summed E-state index contributed by atoms with van der Waals surface area (Å²) in [6, 6.07) is 59.3. The average molecular weight is 721 g/mol. The molecule has 2 aliphatic carbocycles. The van der Waals surface area contributed by atoms with Crippen LogP contribution < -0.4 is 0 Å². The molecule has 0 bridgehead atoms. The summed E-state index contributed by atoms with van der Waals surface area (Å²) in [6.45, 7) is 7.06. The zero-order valence-corrected chi connectivity index (χ0v) is 31.7. The molecule has 0 saturated heterocycles. The van der Waals surface area contributed by atoms with E-state index in [0.29, 0.717) is 23.5 Å². The Morgan fingerprint density at radius 2 is 1.23 bits per heavy atom. The van der Waals surface area contributed by atoms with Crippen LogP contribution in [0.2, 0.25) is 0 Å². The van der Waals surface area contributed by atoms with Gasteiger partial charge in [-0.2, -0.15) is 9.97 Å². The third-order valence-electron chi connectivity index (χ3n) is 12.6. The predicted octanol–water partition coefficient (Wildman–Crippen LogP) is 12.7. The molecule has 0 aliphatic heterocycles. The molecule has 56 heavy (non-hydrogen) atoms. The second kappa shape index (κ2) is 12.4. The first-order chi connectivity index (χ1) is 27.5. The highest BCUT2D eigenvalue weighted by atomic mass is 15.2. The zero-order valence-electron chi connectivity index (χ0n) is 31.7. The Morgan fingerprint density at radius 3 is 2.09 bits per heavy atom. The standard InChI is InChI=1S/C52H40N4/c1-32-37-21-9-10-23-39(37)38-22-8-7-18-35(38)31-43(32)34-19-15-20-36(30-34)50-53-49(33-16-5-4-6-17-33)54-51(55-50)56-46-27-14-12-24-40(46)41-28-29-45-47(48(41)56)42-25-11-13-26-44(42)52(45,2)3/h4-30,32,43H,31H2,1-3H3. The first kappa shape index (κ1) is 32.8. The summed E-state index contributed by atoms with van der Waals surface area (Å²) >= 11 is 0. The van der Waals surface area contributed by atoms with Crippen LogP contribution in [0.5, 0.6) is 0 Å². The van der Waals surface area contributed by atoms with E-state index in [1.54, 1.807) is 0 Å². The molecule has 0 fully saturated rings. The summed E-state index contributed by atoms with van der Waals surface area (Å²) in [5.74, 6) is 2.53. The first-order valence-corrected chi connectivity index (χ1v) is 19.7. The average Bonchev–Trinajstić information content (AvgIpc) is 3.66. The minimum atomic E-state index is -0.141. The lowest BCUT2D eigenvalue weighted by Gasteiger charge is -2.24. The summed E-state index contributed by atoms with van der Waals surface area (Å²) in [7, 11) is 0. The monoisotopic (exact) mass is 720 g/mol. The van der Waals surface area contributed by atoms with Gasteiger partial charge in [0.1, 0.15) is 0 Å². The fourth-order valence-corrected chi connectivity index (χ4v) is 9.81. The summed E-state index contributed by atoms with van der Waals surface area (Å²) < 4.78 is 2.30. The van der Waals surface area contributed by atoms with E-state index in [1.165, 1.54) is 60.8 Å². The van der Waals surface area contributed by atoms with Crippen molar-refractivity contribution in [1.82, 2.24) is 19.5 Å². The van der Waals surface area contributed by atoms with Crippen molar-refractivity contribution in [3.63, 3.8) is 0 Å². The minimum Gasteiger partial charge on any atom is -0.277 e. The first-order valence-electron chi connectivity index (χ1n) is 19.7. The number of benzene rings is 7. The van der Waals surface area contributed by atoms with E-state index in [4.69, 9.17) is 15.0 Å². The number of nitrogens with zero attached hydrogens (tertiary/aromatic N) is 4. The number of rotatable bonds is 4. The third kappa shape index (κ3) is 4.88. The van der Waals surface area contributed by atoms with Crippen molar-refractivity contribution in [1.29, 1.82) is 0 Å². The third-order valence-corrected chi connectivity index (χ3v) is 12.6. The highest BCUT2D eigenvalue weighted by Crippen LogP contribution is 2.53. The Balaban J connectivity index is 1.14. The summed E-state index contributed by atoms with van der Waals surface area (Å²) in [6.07, 6.45) is 0.956. The molecular formula is C52H40N4. The zero-order chi connectivity index (χ0) is 37.5. The molecule has 9 aromatic rings. The van der Waals surface area contributed by atoms with Crippen molar-refractivity contribution in [2.45, 2.75) is 44.4 Å². The van der Waals surface area contributed by atoms with E-state index in [0.717, 1.165) is 28.6 Å². The van der Waals surface area contributed by atoms with Gasteiger partial charge in [0, 0.05) is 32.9 Å². The van der Waals surface area contributed by atoms with Gasteiger partial charge in [0.2, 0.25) is 5.95 Å². The van der Waals surface area contributed by atoms with Crippen LogP contribution in [0.25, 0.3) is 72.8 Å². The molecule has 0 N–H and O–H groups in total. The van der Waals surface area contributed by atoms with E-state index in [1.807, 2.05) is 6.07 Å². The molecule has 4 heteroatoms. The van der Waals surface area contributed by atoms with Crippen LogP contribution in [-0.2, 0) is 11.8 Å². The smallest absolute Gasteiger partial charge is 0.238 e. The van der Waals surface area contributed by atoms with Gasteiger partial charge in [-0.05, 0) is 74.9 Å².